The van der Waals surface area contributed by atoms with Crippen LogP contribution in [0.4, 0.5) is 0 Å². The van der Waals surface area contributed by atoms with E-state index < -0.39 is 6.10 Å². The Balaban J connectivity index is 2.47. The summed E-state index contributed by atoms with van der Waals surface area (Å²) in [4.78, 5) is 11.5. The molecule has 0 aromatic heterocycles. The summed E-state index contributed by atoms with van der Waals surface area (Å²) in [5.41, 5.74) is 0. The number of rotatable bonds is 0. The van der Waals surface area contributed by atoms with Crippen molar-refractivity contribution in [2.75, 3.05) is 0 Å². The summed E-state index contributed by atoms with van der Waals surface area (Å²) < 4.78 is 5.26. The number of ether oxygens (including phenoxy) is 1. The molecule has 1 heterocycles. The molecule has 0 aromatic carbocycles. The van der Waals surface area contributed by atoms with E-state index in [4.69, 9.17) is 4.74 Å². The van der Waals surface area contributed by atoms with Crippen LogP contribution in [-0.2, 0) is 9.53 Å². The number of hydrogen-bond donors (Lipinski definition) is 1. The molecule has 1 rings (SSSR count). The van der Waals surface area contributed by atoms with E-state index in [9.17, 15) is 9.90 Å². The fourth-order valence-electron chi connectivity index (χ4n) is 2.21. The van der Waals surface area contributed by atoms with E-state index in [1.807, 2.05) is 6.92 Å². The number of hydrogen-bond acceptors (Lipinski definition) is 3. The lowest BCUT2D eigenvalue weighted by Crippen LogP contribution is -2.12. The molecule has 0 radical (unpaired) electrons. The molecule has 1 aliphatic heterocycles. The lowest BCUT2D eigenvalue weighted by molar-refractivity contribution is -0.142. The highest BCUT2D eigenvalue weighted by molar-refractivity contribution is 5.82. The van der Waals surface area contributed by atoms with Gasteiger partial charge in [-0.25, -0.2) is 4.79 Å². The van der Waals surface area contributed by atoms with E-state index >= 15 is 0 Å². The number of allylic oxidation sites excluding steroid dienone is 2. The Kier molecular flexibility index (Phi) is 8.23. The lowest BCUT2D eigenvalue weighted by Gasteiger charge is -2.11. The van der Waals surface area contributed by atoms with Crippen LogP contribution >= 0.6 is 0 Å². The van der Waals surface area contributed by atoms with Gasteiger partial charge in [0.15, 0.2) is 0 Å². The highest BCUT2D eigenvalue weighted by Gasteiger charge is 2.06. The lowest BCUT2D eigenvalue weighted by atomic mass is 10.0. The predicted octanol–water partition coefficient (Wildman–Crippen LogP) is 3.53. The second-order valence-electron chi connectivity index (χ2n) is 5.26. The largest absolute Gasteiger partial charge is 0.460 e. The SMILES string of the molecule is C[C@@H]1CCCCCCCC[C@@H](O)/C=C/C=C\C(=O)O1. The highest BCUT2D eigenvalue weighted by atomic mass is 16.5. The minimum Gasteiger partial charge on any atom is -0.460 e. The maximum atomic E-state index is 11.5. The van der Waals surface area contributed by atoms with E-state index in [-0.39, 0.29) is 12.1 Å². The summed E-state index contributed by atoms with van der Waals surface area (Å²) in [6.07, 6.45) is 14.8. The van der Waals surface area contributed by atoms with Gasteiger partial charge >= 0.3 is 5.97 Å². The number of carbonyl (C=O) groups excluding carboxylic acids is 1. The highest BCUT2D eigenvalue weighted by Crippen LogP contribution is 2.12. The Labute approximate surface area is 116 Å². The molecule has 3 nitrogen and oxygen atoms in total. The van der Waals surface area contributed by atoms with Gasteiger partial charge in [-0.15, -0.1) is 0 Å². The Hall–Kier alpha value is -1.09. The molecule has 0 saturated carbocycles. The summed E-state index contributed by atoms with van der Waals surface area (Å²) in [6, 6.07) is 0. The zero-order valence-electron chi connectivity index (χ0n) is 11.9. The standard InChI is InChI=1S/C16H26O3/c1-14-10-6-4-2-3-5-7-11-15(17)12-8-9-13-16(18)19-14/h8-9,12-15,17H,2-7,10-11H2,1H3/b12-8+,13-9-/t14-,15-/m1/s1. The van der Waals surface area contributed by atoms with Gasteiger partial charge in [-0.3, -0.25) is 0 Å². The zero-order valence-corrected chi connectivity index (χ0v) is 11.9. The molecule has 1 aliphatic rings. The number of aliphatic hydroxyl groups excluding tert-OH is 1. The summed E-state index contributed by atoms with van der Waals surface area (Å²) in [5.74, 6) is -0.307. The van der Waals surface area contributed by atoms with Crippen molar-refractivity contribution in [1.29, 1.82) is 0 Å². The molecular formula is C16H26O3. The average molecular weight is 266 g/mol. The molecule has 0 fully saturated rings. The third-order valence-corrected chi connectivity index (χ3v) is 3.35. The van der Waals surface area contributed by atoms with Crippen molar-refractivity contribution >= 4 is 5.97 Å². The minimum atomic E-state index is -0.410. The van der Waals surface area contributed by atoms with Crippen molar-refractivity contribution in [3.63, 3.8) is 0 Å². The van der Waals surface area contributed by atoms with Gasteiger partial charge in [0.25, 0.3) is 0 Å². The zero-order chi connectivity index (χ0) is 13.9. The summed E-state index contributed by atoms with van der Waals surface area (Å²) >= 11 is 0. The van der Waals surface area contributed by atoms with Gasteiger partial charge in [-0.2, -0.15) is 0 Å². The number of cyclic esters (lactones) is 1. The maximum Gasteiger partial charge on any atom is 0.331 e. The number of carbonyl (C=O) groups is 1. The molecule has 2 atom stereocenters. The van der Waals surface area contributed by atoms with E-state index in [1.54, 1.807) is 18.2 Å². The van der Waals surface area contributed by atoms with E-state index in [1.165, 1.54) is 31.8 Å². The topological polar surface area (TPSA) is 46.5 Å². The average Bonchev–Trinajstić information content (AvgIpc) is 2.36. The van der Waals surface area contributed by atoms with Crippen LogP contribution in [0.1, 0.15) is 58.3 Å². The van der Waals surface area contributed by atoms with Gasteiger partial charge in [0.2, 0.25) is 0 Å². The summed E-state index contributed by atoms with van der Waals surface area (Å²) in [5, 5.41) is 9.69. The van der Waals surface area contributed by atoms with Crippen LogP contribution in [-0.4, -0.2) is 23.3 Å². The molecule has 3 heteroatoms. The first-order chi connectivity index (χ1) is 9.18. The van der Waals surface area contributed by atoms with Gasteiger partial charge in [-0.05, 0) is 26.2 Å². The maximum absolute atomic E-state index is 11.5. The number of esters is 1. The van der Waals surface area contributed by atoms with Crippen molar-refractivity contribution < 1.29 is 14.6 Å². The monoisotopic (exact) mass is 266 g/mol. The molecule has 1 N–H and O–H groups in total. The van der Waals surface area contributed by atoms with Crippen molar-refractivity contribution in [2.24, 2.45) is 0 Å². The van der Waals surface area contributed by atoms with Crippen molar-refractivity contribution in [3.05, 3.63) is 24.3 Å². The minimum absolute atomic E-state index is 0.0142. The first-order valence-electron chi connectivity index (χ1n) is 7.42. The predicted molar refractivity (Wildman–Crippen MR) is 76.8 cm³/mol. The third kappa shape index (κ3) is 8.60. The van der Waals surface area contributed by atoms with Crippen molar-refractivity contribution in [3.8, 4) is 0 Å². The number of aliphatic hydroxyl groups is 1. The van der Waals surface area contributed by atoms with Crippen LogP contribution in [0.15, 0.2) is 24.3 Å². The van der Waals surface area contributed by atoms with Crippen LogP contribution in [0.3, 0.4) is 0 Å². The fraction of sp³-hybridized carbons (Fsp3) is 0.688. The molecule has 0 aromatic rings. The molecule has 0 bridgehead atoms. The normalized spacial score (nSPS) is 31.4. The van der Waals surface area contributed by atoms with Crippen LogP contribution < -0.4 is 0 Å². The third-order valence-electron chi connectivity index (χ3n) is 3.35. The van der Waals surface area contributed by atoms with Gasteiger partial charge in [-0.1, -0.05) is 50.3 Å². The smallest absolute Gasteiger partial charge is 0.331 e. The molecule has 0 aliphatic carbocycles. The molecule has 19 heavy (non-hydrogen) atoms. The molecule has 0 saturated heterocycles. The molecule has 0 amide bonds. The summed E-state index contributed by atoms with van der Waals surface area (Å²) in [7, 11) is 0. The Morgan fingerprint density at radius 3 is 2.42 bits per heavy atom. The Bertz CT molecular complexity index is 307. The quantitative estimate of drug-likeness (QED) is 0.682. The van der Waals surface area contributed by atoms with Gasteiger partial charge < -0.3 is 9.84 Å². The molecule has 0 unspecified atom stereocenters. The van der Waals surface area contributed by atoms with Crippen LogP contribution in [0, 0.1) is 0 Å². The van der Waals surface area contributed by atoms with Gasteiger partial charge in [0.05, 0.1) is 12.2 Å². The van der Waals surface area contributed by atoms with Crippen LogP contribution in [0.5, 0.6) is 0 Å². The fourth-order valence-corrected chi connectivity index (χ4v) is 2.21. The first kappa shape index (κ1) is 16.0. The van der Waals surface area contributed by atoms with Crippen molar-refractivity contribution in [1.82, 2.24) is 0 Å². The van der Waals surface area contributed by atoms with Gasteiger partial charge in [0.1, 0.15) is 0 Å². The Morgan fingerprint density at radius 2 is 1.68 bits per heavy atom. The van der Waals surface area contributed by atoms with Crippen LogP contribution in [0.25, 0.3) is 0 Å². The van der Waals surface area contributed by atoms with E-state index in [0.29, 0.717) is 0 Å². The molecular weight excluding hydrogens is 240 g/mol. The Morgan fingerprint density at radius 1 is 1.05 bits per heavy atom. The molecule has 0 spiro atoms. The first-order valence-corrected chi connectivity index (χ1v) is 7.42. The van der Waals surface area contributed by atoms with E-state index in [2.05, 4.69) is 0 Å². The summed E-state index contributed by atoms with van der Waals surface area (Å²) in [6.45, 7) is 1.94. The van der Waals surface area contributed by atoms with E-state index in [0.717, 1.165) is 25.7 Å². The second kappa shape index (κ2) is 9.79. The van der Waals surface area contributed by atoms with Crippen molar-refractivity contribution in [2.45, 2.75) is 70.5 Å². The second-order valence-corrected chi connectivity index (χ2v) is 5.26. The van der Waals surface area contributed by atoms with Crippen LogP contribution in [0.2, 0.25) is 0 Å². The van der Waals surface area contributed by atoms with Gasteiger partial charge in [0, 0.05) is 6.08 Å². The molecule has 108 valence electrons.